The van der Waals surface area contributed by atoms with Gasteiger partial charge in [-0.2, -0.15) is 0 Å². The zero-order valence-electron chi connectivity index (χ0n) is 16.3. The molecule has 0 saturated heterocycles. The Hall–Kier alpha value is -3.93. The maximum Gasteiger partial charge on any atom is 0.252 e. The minimum atomic E-state index is -0.732. The van der Waals surface area contributed by atoms with Crippen LogP contribution in [0.3, 0.4) is 0 Å². The highest BCUT2D eigenvalue weighted by molar-refractivity contribution is 6.00. The number of carbonyl (C=O) groups excluding carboxylic acids is 2. The Morgan fingerprint density at radius 1 is 1.00 bits per heavy atom. The topological polar surface area (TPSA) is 101 Å². The molecule has 4 aromatic rings. The third kappa shape index (κ3) is 4.38. The molecule has 0 aliphatic rings. The molecule has 0 radical (unpaired) electrons. The number of primary amides is 1. The fraction of sp³-hybridized carbons (Fsp3) is 0.125. The molecule has 0 bridgehead atoms. The van der Waals surface area contributed by atoms with Crippen LogP contribution in [-0.4, -0.2) is 27.8 Å². The molecule has 6 nitrogen and oxygen atoms in total. The SMILES string of the molecule is NC(=O)C(CCc1ccccc1)NC(=O)c1ccc2cc(-c3ccncc3)[nH]c2c1. The van der Waals surface area contributed by atoms with Crippen LogP contribution in [0, 0.1) is 0 Å². The second-order valence-electron chi connectivity index (χ2n) is 7.17. The molecule has 0 aliphatic carbocycles. The van der Waals surface area contributed by atoms with Crippen LogP contribution < -0.4 is 11.1 Å². The second kappa shape index (κ2) is 8.61. The molecule has 4 N–H and O–H groups in total. The third-order valence-electron chi connectivity index (χ3n) is 5.09. The summed E-state index contributed by atoms with van der Waals surface area (Å²) in [7, 11) is 0. The first-order chi connectivity index (χ1) is 14.6. The van der Waals surface area contributed by atoms with E-state index in [1.807, 2.05) is 54.6 Å². The summed E-state index contributed by atoms with van der Waals surface area (Å²) in [5.41, 5.74) is 9.89. The number of aromatic nitrogens is 2. The third-order valence-corrected chi connectivity index (χ3v) is 5.09. The Morgan fingerprint density at radius 2 is 1.77 bits per heavy atom. The average Bonchev–Trinajstić information content (AvgIpc) is 3.21. The molecule has 2 heterocycles. The van der Waals surface area contributed by atoms with Crippen LogP contribution in [-0.2, 0) is 11.2 Å². The predicted molar refractivity (Wildman–Crippen MR) is 117 cm³/mol. The van der Waals surface area contributed by atoms with Crippen LogP contribution in [0.1, 0.15) is 22.3 Å². The summed E-state index contributed by atoms with van der Waals surface area (Å²) in [5.74, 6) is -0.867. The summed E-state index contributed by atoms with van der Waals surface area (Å²) < 4.78 is 0. The van der Waals surface area contributed by atoms with Crippen LogP contribution >= 0.6 is 0 Å². The first-order valence-electron chi connectivity index (χ1n) is 9.77. The van der Waals surface area contributed by atoms with Gasteiger partial charge in [-0.15, -0.1) is 0 Å². The van der Waals surface area contributed by atoms with Gasteiger partial charge in [0.05, 0.1) is 0 Å². The van der Waals surface area contributed by atoms with E-state index in [-0.39, 0.29) is 5.91 Å². The maximum atomic E-state index is 12.8. The first-order valence-corrected chi connectivity index (χ1v) is 9.77. The number of amides is 2. The van der Waals surface area contributed by atoms with Crippen molar-refractivity contribution in [2.45, 2.75) is 18.9 Å². The number of fused-ring (bicyclic) bond motifs is 1. The average molecular weight is 398 g/mol. The fourth-order valence-electron chi connectivity index (χ4n) is 3.44. The van der Waals surface area contributed by atoms with Gasteiger partial charge in [-0.25, -0.2) is 0 Å². The summed E-state index contributed by atoms with van der Waals surface area (Å²) in [6, 6.07) is 20.3. The Labute approximate surface area is 174 Å². The molecule has 0 saturated carbocycles. The lowest BCUT2D eigenvalue weighted by Gasteiger charge is -2.15. The van der Waals surface area contributed by atoms with E-state index in [9.17, 15) is 9.59 Å². The van der Waals surface area contributed by atoms with Crippen LogP contribution in [0.5, 0.6) is 0 Å². The van der Waals surface area contributed by atoms with Gasteiger partial charge in [-0.3, -0.25) is 14.6 Å². The molecule has 0 aliphatic heterocycles. The van der Waals surface area contributed by atoms with Gasteiger partial charge < -0.3 is 16.0 Å². The normalized spacial score (nSPS) is 11.9. The van der Waals surface area contributed by atoms with E-state index in [1.165, 1.54) is 0 Å². The molecule has 1 unspecified atom stereocenters. The summed E-state index contributed by atoms with van der Waals surface area (Å²) in [6.45, 7) is 0. The van der Waals surface area contributed by atoms with Crippen LogP contribution in [0.2, 0.25) is 0 Å². The zero-order chi connectivity index (χ0) is 20.9. The van der Waals surface area contributed by atoms with Crippen LogP contribution in [0.25, 0.3) is 22.2 Å². The van der Waals surface area contributed by atoms with Crippen molar-refractivity contribution in [3.05, 3.63) is 90.3 Å². The van der Waals surface area contributed by atoms with Crippen molar-refractivity contribution in [1.82, 2.24) is 15.3 Å². The van der Waals surface area contributed by atoms with Crippen molar-refractivity contribution in [2.75, 3.05) is 0 Å². The molecule has 150 valence electrons. The highest BCUT2D eigenvalue weighted by Crippen LogP contribution is 2.24. The van der Waals surface area contributed by atoms with Crippen molar-refractivity contribution in [1.29, 1.82) is 0 Å². The predicted octanol–water partition coefficient (Wildman–Crippen LogP) is 3.45. The van der Waals surface area contributed by atoms with Gasteiger partial charge in [-0.1, -0.05) is 36.4 Å². The zero-order valence-corrected chi connectivity index (χ0v) is 16.3. The standard InChI is InChI=1S/C24H22N4O2/c25-23(29)20(9-6-16-4-2-1-3-5-16)28-24(30)19-8-7-18-14-21(27-22(18)15-19)17-10-12-26-13-11-17/h1-5,7-8,10-15,20,27H,6,9H2,(H2,25,29)(H,28,30). The number of aromatic amines is 1. The number of H-pyrrole nitrogens is 1. The maximum absolute atomic E-state index is 12.8. The van der Waals surface area contributed by atoms with Gasteiger partial charge in [0.1, 0.15) is 6.04 Å². The molecule has 6 heteroatoms. The number of benzene rings is 2. The fourth-order valence-corrected chi connectivity index (χ4v) is 3.44. The van der Waals surface area contributed by atoms with Gasteiger partial charge >= 0.3 is 0 Å². The van der Waals surface area contributed by atoms with E-state index >= 15 is 0 Å². The number of nitrogens with one attached hydrogen (secondary N) is 2. The number of carbonyl (C=O) groups is 2. The van der Waals surface area contributed by atoms with E-state index in [0.717, 1.165) is 27.7 Å². The monoisotopic (exact) mass is 398 g/mol. The number of nitrogens with zero attached hydrogens (tertiary/aromatic N) is 1. The minimum Gasteiger partial charge on any atom is -0.368 e. The highest BCUT2D eigenvalue weighted by atomic mass is 16.2. The molecule has 2 aromatic carbocycles. The number of rotatable bonds is 7. The summed E-state index contributed by atoms with van der Waals surface area (Å²) in [5, 5.41) is 3.76. The van der Waals surface area contributed by atoms with Crippen LogP contribution in [0.4, 0.5) is 0 Å². The van der Waals surface area contributed by atoms with E-state index in [1.54, 1.807) is 24.5 Å². The van der Waals surface area contributed by atoms with Crippen molar-refractivity contribution < 1.29 is 9.59 Å². The summed E-state index contributed by atoms with van der Waals surface area (Å²) >= 11 is 0. The van der Waals surface area contributed by atoms with E-state index in [0.29, 0.717) is 18.4 Å². The van der Waals surface area contributed by atoms with Gasteiger partial charge in [0.15, 0.2) is 0 Å². The molecular formula is C24H22N4O2. The quantitative estimate of drug-likeness (QED) is 0.444. The lowest BCUT2D eigenvalue weighted by atomic mass is 10.0. The summed E-state index contributed by atoms with van der Waals surface area (Å²) in [4.78, 5) is 32.0. The molecular weight excluding hydrogens is 376 g/mol. The number of aryl methyl sites for hydroxylation is 1. The molecule has 2 amide bonds. The van der Waals surface area contributed by atoms with Gasteiger partial charge in [0.2, 0.25) is 5.91 Å². The molecule has 1 atom stereocenters. The summed E-state index contributed by atoms with van der Waals surface area (Å²) in [6.07, 6.45) is 4.57. The van der Waals surface area contributed by atoms with E-state index in [2.05, 4.69) is 15.3 Å². The lowest BCUT2D eigenvalue weighted by molar-refractivity contribution is -0.120. The number of nitrogens with two attached hydrogens (primary N) is 1. The molecule has 0 spiro atoms. The van der Waals surface area contributed by atoms with Gasteiger partial charge in [0, 0.05) is 40.1 Å². The number of hydrogen-bond acceptors (Lipinski definition) is 3. The van der Waals surface area contributed by atoms with Crippen molar-refractivity contribution in [3.63, 3.8) is 0 Å². The van der Waals surface area contributed by atoms with Crippen LogP contribution in [0.15, 0.2) is 79.1 Å². The van der Waals surface area contributed by atoms with E-state index in [4.69, 9.17) is 5.73 Å². The Bertz CT molecular complexity index is 1170. The molecule has 30 heavy (non-hydrogen) atoms. The molecule has 2 aromatic heterocycles. The highest BCUT2D eigenvalue weighted by Gasteiger charge is 2.19. The van der Waals surface area contributed by atoms with Gasteiger partial charge in [-0.05, 0) is 48.7 Å². The Morgan fingerprint density at radius 3 is 2.50 bits per heavy atom. The first kappa shape index (κ1) is 19.4. The van der Waals surface area contributed by atoms with Crippen molar-refractivity contribution in [2.24, 2.45) is 5.73 Å². The van der Waals surface area contributed by atoms with Gasteiger partial charge in [0.25, 0.3) is 5.91 Å². The van der Waals surface area contributed by atoms with Crippen molar-refractivity contribution >= 4 is 22.7 Å². The largest absolute Gasteiger partial charge is 0.368 e. The van der Waals surface area contributed by atoms with Crippen molar-refractivity contribution in [3.8, 4) is 11.3 Å². The number of pyridine rings is 1. The minimum absolute atomic E-state index is 0.325. The molecule has 0 fully saturated rings. The lowest BCUT2D eigenvalue weighted by Crippen LogP contribution is -2.44. The van der Waals surface area contributed by atoms with E-state index < -0.39 is 11.9 Å². The second-order valence-corrected chi connectivity index (χ2v) is 7.17. The smallest absolute Gasteiger partial charge is 0.252 e. The number of hydrogen-bond donors (Lipinski definition) is 3. The molecule has 4 rings (SSSR count). The Kier molecular flexibility index (Phi) is 5.57. The Balaban J connectivity index is 1.49.